The lowest BCUT2D eigenvalue weighted by Crippen LogP contribution is -1.96. The number of hydrogen-bond donors (Lipinski definition) is 0. The van der Waals surface area contributed by atoms with E-state index in [1.807, 2.05) is 29.6 Å². The highest BCUT2D eigenvalue weighted by molar-refractivity contribution is 7.09. The number of thiazole rings is 1. The van der Waals surface area contributed by atoms with Crippen molar-refractivity contribution in [3.8, 4) is 17.2 Å². The van der Waals surface area contributed by atoms with E-state index in [-0.39, 0.29) is 0 Å². The lowest BCUT2D eigenvalue weighted by molar-refractivity contribution is 0.302. The molecular weight excluding hydrogens is 274 g/mol. The molecule has 3 rings (SSSR count). The molecule has 0 bridgehead atoms. The maximum atomic E-state index is 5.70. The summed E-state index contributed by atoms with van der Waals surface area (Å²) in [4.78, 5) is 4.46. The molecule has 0 N–H and O–H groups in total. The average Bonchev–Trinajstić information content (AvgIpc) is 3.17. The third-order valence-electron chi connectivity index (χ3n) is 2.75. The van der Waals surface area contributed by atoms with Gasteiger partial charge in [0.2, 0.25) is 12.3 Å². The van der Waals surface area contributed by atoms with Crippen LogP contribution in [0, 0.1) is 0 Å². The number of nitrogens with zero attached hydrogens (tertiary/aromatic N) is 3. The molecule has 0 aliphatic heterocycles. The maximum Gasteiger partial charge on any atom is 0.247 e. The Labute approximate surface area is 120 Å². The van der Waals surface area contributed by atoms with Crippen molar-refractivity contribution in [1.82, 2.24) is 15.2 Å². The lowest BCUT2D eigenvalue weighted by atomic mass is 10.2. The van der Waals surface area contributed by atoms with Gasteiger partial charge in [0, 0.05) is 10.9 Å². The predicted octanol–water partition coefficient (Wildman–Crippen LogP) is 3.33. The summed E-state index contributed by atoms with van der Waals surface area (Å²) < 4.78 is 10.8. The molecule has 0 unspecified atom stereocenters. The van der Waals surface area contributed by atoms with Crippen LogP contribution in [0.5, 0.6) is 5.75 Å². The fraction of sp³-hybridized carbons (Fsp3) is 0.214. The van der Waals surface area contributed by atoms with Crippen LogP contribution in [0.15, 0.2) is 40.5 Å². The van der Waals surface area contributed by atoms with E-state index in [2.05, 4.69) is 22.1 Å². The number of aromatic nitrogens is 3. The van der Waals surface area contributed by atoms with Gasteiger partial charge in [0.15, 0.2) is 0 Å². The summed E-state index contributed by atoms with van der Waals surface area (Å²) in [6, 6.07) is 7.54. The Kier molecular flexibility index (Phi) is 3.73. The summed E-state index contributed by atoms with van der Waals surface area (Å²) in [6.45, 7) is 2.58. The Balaban J connectivity index is 1.63. The van der Waals surface area contributed by atoms with E-state index in [9.17, 15) is 0 Å². The van der Waals surface area contributed by atoms with Gasteiger partial charge in [-0.2, -0.15) is 0 Å². The highest BCUT2D eigenvalue weighted by atomic mass is 32.1. The minimum atomic E-state index is 0.483. The SMILES string of the molecule is CCc1nc(COc2ccc(-c3nnco3)cc2)cs1. The number of rotatable bonds is 5. The molecule has 102 valence electrons. The molecule has 5 nitrogen and oxygen atoms in total. The van der Waals surface area contributed by atoms with Crippen molar-refractivity contribution in [2.24, 2.45) is 0 Å². The molecule has 0 atom stereocenters. The second-order valence-corrected chi connectivity index (χ2v) is 5.09. The molecular formula is C14H13N3O2S. The Hall–Kier alpha value is -2.21. The topological polar surface area (TPSA) is 61.0 Å². The van der Waals surface area contributed by atoms with Gasteiger partial charge in [0.1, 0.15) is 12.4 Å². The lowest BCUT2D eigenvalue weighted by Gasteiger charge is -2.04. The van der Waals surface area contributed by atoms with Crippen LogP contribution >= 0.6 is 11.3 Å². The zero-order valence-corrected chi connectivity index (χ0v) is 11.8. The summed E-state index contributed by atoms with van der Waals surface area (Å²) in [6.07, 6.45) is 2.27. The molecule has 2 aromatic heterocycles. The monoisotopic (exact) mass is 287 g/mol. The third kappa shape index (κ3) is 2.85. The molecule has 1 aromatic carbocycles. The van der Waals surface area contributed by atoms with Crippen molar-refractivity contribution in [3.63, 3.8) is 0 Å². The van der Waals surface area contributed by atoms with Crippen LogP contribution in [0.3, 0.4) is 0 Å². The maximum absolute atomic E-state index is 5.70. The van der Waals surface area contributed by atoms with Gasteiger partial charge in [0.25, 0.3) is 0 Å². The fourth-order valence-electron chi connectivity index (χ4n) is 1.73. The molecule has 0 radical (unpaired) electrons. The summed E-state index contributed by atoms with van der Waals surface area (Å²) in [7, 11) is 0. The van der Waals surface area contributed by atoms with Gasteiger partial charge in [-0.3, -0.25) is 0 Å². The molecule has 0 aliphatic carbocycles. The zero-order chi connectivity index (χ0) is 13.8. The molecule has 0 amide bonds. The fourth-order valence-corrected chi connectivity index (χ4v) is 2.46. The molecule has 0 aliphatic rings. The smallest absolute Gasteiger partial charge is 0.247 e. The highest BCUT2D eigenvalue weighted by Gasteiger charge is 2.04. The molecule has 2 heterocycles. The van der Waals surface area contributed by atoms with Crippen molar-refractivity contribution < 1.29 is 9.15 Å². The largest absolute Gasteiger partial charge is 0.487 e. The number of ether oxygens (including phenoxy) is 1. The van der Waals surface area contributed by atoms with Crippen molar-refractivity contribution in [2.75, 3.05) is 0 Å². The molecule has 3 aromatic rings. The first-order valence-corrected chi connectivity index (χ1v) is 7.16. The minimum absolute atomic E-state index is 0.483. The van der Waals surface area contributed by atoms with E-state index in [0.29, 0.717) is 12.5 Å². The van der Waals surface area contributed by atoms with Crippen LogP contribution in [0.2, 0.25) is 0 Å². The standard InChI is InChI=1S/C14H13N3O2S/c1-2-13-16-11(8-20-13)7-18-12-5-3-10(4-6-12)14-17-15-9-19-14/h3-6,8-9H,2,7H2,1H3. The summed E-state index contributed by atoms with van der Waals surface area (Å²) >= 11 is 1.67. The number of hydrogen-bond acceptors (Lipinski definition) is 6. The van der Waals surface area contributed by atoms with Crippen molar-refractivity contribution in [2.45, 2.75) is 20.0 Å². The first-order chi connectivity index (χ1) is 9.85. The predicted molar refractivity (Wildman–Crippen MR) is 75.6 cm³/mol. The molecule has 6 heteroatoms. The zero-order valence-electron chi connectivity index (χ0n) is 10.9. The second kappa shape index (κ2) is 5.83. The van der Waals surface area contributed by atoms with Crippen LogP contribution in [0.4, 0.5) is 0 Å². The van der Waals surface area contributed by atoms with Crippen molar-refractivity contribution in [3.05, 3.63) is 46.7 Å². The second-order valence-electron chi connectivity index (χ2n) is 4.14. The van der Waals surface area contributed by atoms with Gasteiger partial charge in [-0.25, -0.2) is 4.98 Å². The Morgan fingerprint density at radius 2 is 2.10 bits per heavy atom. The van der Waals surface area contributed by atoms with E-state index >= 15 is 0 Å². The Morgan fingerprint density at radius 1 is 1.25 bits per heavy atom. The summed E-state index contributed by atoms with van der Waals surface area (Å²) in [5, 5.41) is 10.7. The Bertz CT molecular complexity index is 662. The van der Waals surface area contributed by atoms with Crippen molar-refractivity contribution in [1.29, 1.82) is 0 Å². The highest BCUT2D eigenvalue weighted by Crippen LogP contribution is 2.21. The average molecular weight is 287 g/mol. The van der Waals surface area contributed by atoms with Crippen molar-refractivity contribution >= 4 is 11.3 Å². The van der Waals surface area contributed by atoms with Gasteiger partial charge >= 0.3 is 0 Å². The molecule has 0 fully saturated rings. The van der Waals surface area contributed by atoms with E-state index in [4.69, 9.17) is 9.15 Å². The van der Waals surface area contributed by atoms with Gasteiger partial charge in [-0.1, -0.05) is 6.92 Å². The van der Waals surface area contributed by atoms with Crippen LogP contribution in [0.25, 0.3) is 11.5 Å². The van der Waals surface area contributed by atoms with E-state index in [0.717, 1.165) is 28.4 Å². The summed E-state index contributed by atoms with van der Waals surface area (Å²) in [5.74, 6) is 1.29. The third-order valence-corrected chi connectivity index (χ3v) is 3.79. The van der Waals surface area contributed by atoms with Gasteiger partial charge < -0.3 is 9.15 Å². The number of aryl methyl sites for hydroxylation is 1. The van der Waals surface area contributed by atoms with E-state index in [1.165, 1.54) is 6.39 Å². The van der Waals surface area contributed by atoms with Gasteiger partial charge in [0.05, 0.1) is 10.7 Å². The first kappa shape index (κ1) is 12.8. The first-order valence-electron chi connectivity index (χ1n) is 6.28. The molecule has 20 heavy (non-hydrogen) atoms. The molecule has 0 saturated carbocycles. The quantitative estimate of drug-likeness (QED) is 0.720. The summed E-state index contributed by atoms with van der Waals surface area (Å²) in [5.41, 5.74) is 1.84. The van der Waals surface area contributed by atoms with Crippen LogP contribution < -0.4 is 4.74 Å². The number of benzene rings is 1. The van der Waals surface area contributed by atoms with E-state index in [1.54, 1.807) is 11.3 Å². The minimum Gasteiger partial charge on any atom is -0.487 e. The van der Waals surface area contributed by atoms with E-state index < -0.39 is 0 Å². The van der Waals surface area contributed by atoms with Gasteiger partial charge in [-0.05, 0) is 30.7 Å². The van der Waals surface area contributed by atoms with Crippen LogP contribution in [-0.2, 0) is 13.0 Å². The van der Waals surface area contributed by atoms with Gasteiger partial charge in [-0.15, -0.1) is 21.5 Å². The van der Waals surface area contributed by atoms with Crippen LogP contribution in [0.1, 0.15) is 17.6 Å². The normalized spacial score (nSPS) is 10.7. The molecule has 0 saturated heterocycles. The molecule has 0 spiro atoms. The van der Waals surface area contributed by atoms with Crippen LogP contribution in [-0.4, -0.2) is 15.2 Å². The Morgan fingerprint density at radius 3 is 2.75 bits per heavy atom.